The molecular weight excluding hydrogens is 439 g/mol. The van der Waals surface area contributed by atoms with Crippen molar-refractivity contribution in [1.29, 1.82) is 0 Å². The highest BCUT2D eigenvalue weighted by atomic mass is 19.1. The van der Waals surface area contributed by atoms with Gasteiger partial charge in [-0.15, -0.1) is 0 Å². The van der Waals surface area contributed by atoms with Crippen molar-refractivity contribution in [2.75, 3.05) is 11.9 Å². The minimum Gasteiger partial charge on any atom is -0.487 e. The van der Waals surface area contributed by atoms with Gasteiger partial charge in [-0.2, -0.15) is 0 Å². The summed E-state index contributed by atoms with van der Waals surface area (Å²) >= 11 is 0. The number of hydrogen-bond acceptors (Lipinski definition) is 5. The van der Waals surface area contributed by atoms with E-state index in [9.17, 15) is 19.1 Å². The van der Waals surface area contributed by atoms with E-state index in [1.807, 2.05) is 18.2 Å². The predicted octanol–water partition coefficient (Wildman–Crippen LogP) is 3.27. The van der Waals surface area contributed by atoms with Crippen LogP contribution in [0.5, 0.6) is 5.75 Å². The largest absolute Gasteiger partial charge is 0.487 e. The third-order valence-corrected chi connectivity index (χ3v) is 6.75. The zero-order chi connectivity index (χ0) is 23.7. The lowest BCUT2D eigenvalue weighted by atomic mass is 9.84. The van der Waals surface area contributed by atoms with E-state index in [1.165, 1.54) is 12.1 Å². The van der Waals surface area contributed by atoms with E-state index < -0.39 is 12.2 Å². The Kier molecular flexibility index (Phi) is 6.52. The molecule has 1 saturated heterocycles. The van der Waals surface area contributed by atoms with Crippen molar-refractivity contribution in [1.82, 2.24) is 5.32 Å². The summed E-state index contributed by atoms with van der Waals surface area (Å²) in [5.74, 6) is 0.643. The quantitative estimate of drug-likeness (QED) is 0.553. The number of nitrogens with one attached hydrogen (secondary N) is 2. The predicted molar refractivity (Wildman–Crippen MR) is 123 cm³/mol. The highest BCUT2D eigenvalue weighted by Crippen LogP contribution is 2.47. The minimum absolute atomic E-state index is 0.0194. The summed E-state index contributed by atoms with van der Waals surface area (Å²) < 4.78 is 25.4. The van der Waals surface area contributed by atoms with Crippen molar-refractivity contribution in [3.8, 4) is 5.75 Å². The molecule has 2 aliphatic heterocycles. The van der Waals surface area contributed by atoms with Crippen molar-refractivity contribution in [3.05, 3.63) is 59.4 Å². The number of carbonyl (C=O) groups is 2. The zero-order valence-electron chi connectivity index (χ0n) is 18.8. The second kappa shape index (κ2) is 9.72. The molecule has 2 amide bonds. The van der Waals surface area contributed by atoms with Gasteiger partial charge in [0.1, 0.15) is 23.8 Å². The molecule has 0 spiro atoms. The SMILES string of the molecule is O=C(C[C@H]1C[C@@H]2c3cc(NC(=O)CC4CC4)ccc3O[C@@H]2[C@@H](CO)O1)NCc1cccc(F)c1. The lowest BCUT2D eigenvalue weighted by Crippen LogP contribution is -2.47. The molecule has 1 aliphatic carbocycles. The van der Waals surface area contributed by atoms with Gasteiger partial charge in [-0.3, -0.25) is 9.59 Å². The maximum absolute atomic E-state index is 13.4. The van der Waals surface area contributed by atoms with E-state index in [0.29, 0.717) is 30.1 Å². The number of anilines is 1. The molecule has 7 nitrogen and oxygen atoms in total. The van der Waals surface area contributed by atoms with Gasteiger partial charge in [0.2, 0.25) is 11.8 Å². The molecule has 3 aliphatic rings. The highest BCUT2D eigenvalue weighted by Gasteiger charge is 2.46. The average molecular weight is 469 g/mol. The van der Waals surface area contributed by atoms with Crippen LogP contribution in [0.25, 0.3) is 0 Å². The number of aliphatic hydroxyl groups excluding tert-OH is 1. The number of aliphatic hydroxyl groups is 1. The molecule has 0 aromatic heterocycles. The molecular formula is C26H29FN2O5. The van der Waals surface area contributed by atoms with Crippen LogP contribution in [-0.2, 0) is 20.9 Å². The average Bonchev–Trinajstić information content (AvgIpc) is 3.55. The second-order valence-corrected chi connectivity index (χ2v) is 9.46. The fourth-order valence-electron chi connectivity index (χ4n) is 4.89. The van der Waals surface area contributed by atoms with Crippen LogP contribution in [-0.4, -0.2) is 41.8 Å². The van der Waals surface area contributed by atoms with Crippen LogP contribution < -0.4 is 15.4 Å². The van der Waals surface area contributed by atoms with Crippen molar-refractivity contribution in [3.63, 3.8) is 0 Å². The number of benzene rings is 2. The van der Waals surface area contributed by atoms with Crippen LogP contribution in [0.3, 0.4) is 0 Å². The van der Waals surface area contributed by atoms with Crippen LogP contribution in [0.1, 0.15) is 49.1 Å². The molecule has 1 saturated carbocycles. The van der Waals surface area contributed by atoms with Crippen molar-refractivity contribution < 1.29 is 28.6 Å². The third-order valence-electron chi connectivity index (χ3n) is 6.75. The molecule has 0 unspecified atom stereocenters. The van der Waals surface area contributed by atoms with Crippen molar-refractivity contribution >= 4 is 17.5 Å². The summed E-state index contributed by atoms with van der Waals surface area (Å²) in [5.41, 5.74) is 2.37. The monoisotopic (exact) mass is 468 g/mol. The van der Waals surface area contributed by atoms with Gasteiger partial charge in [-0.05, 0) is 61.1 Å². The fraction of sp³-hybridized carbons (Fsp3) is 0.462. The molecule has 8 heteroatoms. The Labute approximate surface area is 197 Å². The molecule has 2 aromatic carbocycles. The van der Waals surface area contributed by atoms with Gasteiger partial charge in [0, 0.05) is 30.1 Å². The van der Waals surface area contributed by atoms with E-state index in [2.05, 4.69) is 10.6 Å². The maximum Gasteiger partial charge on any atom is 0.224 e. The molecule has 180 valence electrons. The topological polar surface area (TPSA) is 96.9 Å². The molecule has 0 bridgehead atoms. The molecule has 3 N–H and O–H groups in total. The standard InChI is InChI=1S/C26H29FN2O5/c27-17-3-1-2-16(8-17)13-28-24(31)12-19-11-21-20-10-18(29-25(32)9-15-4-5-15)6-7-22(20)34-26(21)23(14-30)33-19/h1-3,6-8,10,15,19,21,23,26,30H,4-5,9,11-14H2,(H,28,31)(H,29,32)/t19-,21-,23-,26+/m1/s1. The summed E-state index contributed by atoms with van der Waals surface area (Å²) in [6.07, 6.45) is 2.18. The lowest BCUT2D eigenvalue weighted by molar-refractivity contribution is -0.142. The van der Waals surface area contributed by atoms with Crippen LogP contribution in [0, 0.1) is 11.7 Å². The van der Waals surface area contributed by atoms with Crippen LogP contribution in [0.15, 0.2) is 42.5 Å². The number of halogens is 1. The lowest BCUT2D eigenvalue weighted by Gasteiger charge is -2.37. The number of ether oxygens (including phenoxy) is 2. The number of carbonyl (C=O) groups excluding carboxylic acids is 2. The third kappa shape index (κ3) is 5.23. The smallest absolute Gasteiger partial charge is 0.224 e. The number of rotatable bonds is 8. The Morgan fingerprint density at radius 2 is 1.94 bits per heavy atom. The summed E-state index contributed by atoms with van der Waals surface area (Å²) in [6, 6.07) is 11.7. The molecule has 2 aromatic rings. The highest BCUT2D eigenvalue weighted by molar-refractivity contribution is 5.91. The van der Waals surface area contributed by atoms with E-state index in [4.69, 9.17) is 9.47 Å². The first-order valence-electron chi connectivity index (χ1n) is 11.9. The maximum atomic E-state index is 13.4. The molecule has 34 heavy (non-hydrogen) atoms. The summed E-state index contributed by atoms with van der Waals surface area (Å²) in [7, 11) is 0. The van der Waals surface area contributed by atoms with Crippen LogP contribution >= 0.6 is 0 Å². The molecule has 4 atom stereocenters. The van der Waals surface area contributed by atoms with Crippen molar-refractivity contribution in [2.45, 2.75) is 62.9 Å². The first kappa shape index (κ1) is 22.8. The minimum atomic E-state index is -0.555. The van der Waals surface area contributed by atoms with Gasteiger partial charge in [-0.1, -0.05) is 12.1 Å². The number of hydrogen-bond donors (Lipinski definition) is 3. The fourth-order valence-corrected chi connectivity index (χ4v) is 4.89. The Hall–Kier alpha value is -2.97. The molecule has 5 rings (SSSR count). The van der Waals surface area contributed by atoms with Crippen LogP contribution in [0.4, 0.5) is 10.1 Å². The van der Waals surface area contributed by atoms with Gasteiger partial charge >= 0.3 is 0 Å². The second-order valence-electron chi connectivity index (χ2n) is 9.46. The Balaban J connectivity index is 1.23. The first-order valence-corrected chi connectivity index (χ1v) is 11.9. The molecule has 0 radical (unpaired) electrons. The summed E-state index contributed by atoms with van der Waals surface area (Å²) in [4.78, 5) is 24.8. The summed E-state index contributed by atoms with van der Waals surface area (Å²) in [6.45, 7) is 0.0101. The number of amides is 2. The Morgan fingerprint density at radius 1 is 1.09 bits per heavy atom. The van der Waals surface area contributed by atoms with E-state index in [-0.39, 0.29) is 49.2 Å². The van der Waals surface area contributed by atoms with Gasteiger partial charge < -0.3 is 25.2 Å². The summed E-state index contributed by atoms with van der Waals surface area (Å²) in [5, 5.41) is 15.7. The number of fused-ring (bicyclic) bond motifs is 3. The Bertz CT molecular complexity index is 1070. The van der Waals surface area contributed by atoms with E-state index >= 15 is 0 Å². The first-order chi connectivity index (χ1) is 16.5. The van der Waals surface area contributed by atoms with E-state index in [1.54, 1.807) is 12.1 Å². The van der Waals surface area contributed by atoms with Gasteiger partial charge in [0.05, 0.1) is 19.1 Å². The molecule has 2 fully saturated rings. The van der Waals surface area contributed by atoms with E-state index in [0.717, 1.165) is 24.1 Å². The molecule has 2 heterocycles. The van der Waals surface area contributed by atoms with Gasteiger partial charge in [-0.25, -0.2) is 4.39 Å². The van der Waals surface area contributed by atoms with Crippen molar-refractivity contribution in [2.24, 2.45) is 5.92 Å². The van der Waals surface area contributed by atoms with Gasteiger partial charge in [0.15, 0.2) is 0 Å². The van der Waals surface area contributed by atoms with Crippen LogP contribution in [0.2, 0.25) is 0 Å². The van der Waals surface area contributed by atoms with Gasteiger partial charge in [0.25, 0.3) is 0 Å². The normalized spacial score (nSPS) is 25.1. The zero-order valence-corrected chi connectivity index (χ0v) is 18.8. The Morgan fingerprint density at radius 3 is 2.71 bits per heavy atom.